The average molecular weight is 356 g/mol. The molecule has 0 bridgehead atoms. The van der Waals surface area contributed by atoms with E-state index in [1.165, 1.54) is 10.9 Å². The molecule has 4 rings (SSSR count). The molecule has 132 valence electrons. The summed E-state index contributed by atoms with van der Waals surface area (Å²) < 4.78 is 31.1. The van der Waals surface area contributed by atoms with Crippen molar-refractivity contribution in [1.29, 1.82) is 0 Å². The van der Waals surface area contributed by atoms with Crippen LogP contribution in [0.5, 0.6) is 0 Å². The summed E-state index contributed by atoms with van der Waals surface area (Å²) in [5.74, 6) is -1.07. The van der Waals surface area contributed by atoms with Gasteiger partial charge in [-0.2, -0.15) is 20.2 Å². The van der Waals surface area contributed by atoms with Gasteiger partial charge in [-0.15, -0.1) is 0 Å². The number of hydrogen-bond acceptors (Lipinski definition) is 6. The van der Waals surface area contributed by atoms with E-state index in [-0.39, 0.29) is 23.7 Å². The Morgan fingerprint density at radius 1 is 1.12 bits per heavy atom. The van der Waals surface area contributed by atoms with Crippen molar-refractivity contribution in [2.75, 3.05) is 11.5 Å². The van der Waals surface area contributed by atoms with Crippen LogP contribution in [-0.4, -0.2) is 29.5 Å². The van der Waals surface area contributed by atoms with E-state index in [1.807, 2.05) is 13.0 Å². The molecule has 0 amide bonds. The molecule has 4 aromatic rings. The zero-order valence-corrected chi connectivity index (χ0v) is 13.7. The molecule has 4 N–H and O–H groups in total. The number of nitrogens with zero attached hydrogens (tertiary/aromatic N) is 6. The second-order valence-corrected chi connectivity index (χ2v) is 5.81. The molecule has 3 heterocycles. The topological polar surface area (TPSA) is 113 Å². The second-order valence-electron chi connectivity index (χ2n) is 5.81. The number of fused-ring (bicyclic) bond motifs is 1. The third-order valence-electron chi connectivity index (χ3n) is 3.90. The number of nitrogens with two attached hydrogens (primary N) is 2. The zero-order chi connectivity index (χ0) is 18.4. The van der Waals surface area contributed by atoms with Gasteiger partial charge in [0.25, 0.3) is 0 Å². The molecule has 3 aromatic heterocycles. The molecule has 0 saturated carbocycles. The van der Waals surface area contributed by atoms with Crippen molar-refractivity contribution in [2.45, 2.75) is 13.5 Å². The molecule has 0 unspecified atom stereocenters. The highest BCUT2D eigenvalue weighted by atomic mass is 19.1. The number of aryl methyl sites for hydroxylation is 1. The van der Waals surface area contributed by atoms with Crippen LogP contribution in [0.25, 0.3) is 16.9 Å². The van der Waals surface area contributed by atoms with Crippen LogP contribution in [-0.2, 0) is 6.54 Å². The lowest BCUT2D eigenvalue weighted by atomic mass is 10.2. The normalized spacial score (nSPS) is 11.3. The van der Waals surface area contributed by atoms with Gasteiger partial charge in [0.15, 0.2) is 11.5 Å². The molecule has 0 aliphatic rings. The number of rotatable bonds is 3. The molecule has 10 heteroatoms. The summed E-state index contributed by atoms with van der Waals surface area (Å²) in [4.78, 5) is 8.36. The Hall–Kier alpha value is -3.56. The van der Waals surface area contributed by atoms with Crippen molar-refractivity contribution in [3.8, 4) is 5.82 Å². The molecular formula is C16H14F2N8. The van der Waals surface area contributed by atoms with Gasteiger partial charge in [-0.3, -0.25) is 0 Å². The molecule has 0 spiro atoms. The fourth-order valence-corrected chi connectivity index (χ4v) is 2.70. The Labute approximate surface area is 146 Å². The molecule has 0 aliphatic heterocycles. The van der Waals surface area contributed by atoms with Crippen LogP contribution in [0.1, 0.15) is 11.3 Å². The molecular weight excluding hydrogens is 342 g/mol. The van der Waals surface area contributed by atoms with Crippen LogP contribution in [0.15, 0.2) is 30.6 Å². The van der Waals surface area contributed by atoms with Gasteiger partial charge in [-0.05, 0) is 25.1 Å². The summed E-state index contributed by atoms with van der Waals surface area (Å²) in [6.07, 6.45) is 3.24. The summed E-state index contributed by atoms with van der Waals surface area (Å²) in [7, 11) is 0. The minimum atomic E-state index is -0.754. The van der Waals surface area contributed by atoms with Crippen molar-refractivity contribution in [1.82, 2.24) is 29.5 Å². The van der Waals surface area contributed by atoms with Gasteiger partial charge in [0.05, 0.1) is 23.8 Å². The fraction of sp³-hybridized carbons (Fsp3) is 0.125. The zero-order valence-electron chi connectivity index (χ0n) is 13.7. The monoisotopic (exact) mass is 356 g/mol. The Morgan fingerprint density at radius 3 is 2.50 bits per heavy atom. The summed E-state index contributed by atoms with van der Waals surface area (Å²) in [5, 5.41) is 9.04. The quantitative estimate of drug-likeness (QED) is 0.541. The maximum atomic E-state index is 14.1. The second kappa shape index (κ2) is 5.76. The van der Waals surface area contributed by atoms with Crippen molar-refractivity contribution >= 4 is 22.7 Å². The van der Waals surface area contributed by atoms with E-state index in [2.05, 4.69) is 20.2 Å². The number of anilines is 2. The van der Waals surface area contributed by atoms with E-state index in [4.69, 9.17) is 11.5 Å². The standard InChI is InChI=1S/C16H14F2N8/c1-8-2-3-25(24-8)14-10-6-21-26(15(10)23-16(20)22-14)7-11-12(17)4-9(19)5-13(11)18/h2-6H,7,19H2,1H3,(H2,20,22,23). The van der Waals surface area contributed by atoms with E-state index in [1.54, 1.807) is 10.9 Å². The Bertz CT molecular complexity index is 1110. The Morgan fingerprint density at radius 2 is 1.85 bits per heavy atom. The van der Waals surface area contributed by atoms with Crippen LogP contribution in [0.3, 0.4) is 0 Å². The summed E-state index contributed by atoms with van der Waals surface area (Å²) in [6, 6.07) is 3.93. The smallest absolute Gasteiger partial charge is 0.224 e. The lowest BCUT2D eigenvalue weighted by molar-refractivity contribution is 0.537. The first-order valence-corrected chi connectivity index (χ1v) is 7.67. The Balaban J connectivity index is 1.85. The number of halogens is 2. The summed E-state index contributed by atoms with van der Waals surface area (Å²) in [5.41, 5.74) is 12.2. The lowest BCUT2D eigenvalue weighted by Crippen LogP contribution is -2.10. The molecule has 8 nitrogen and oxygen atoms in total. The van der Waals surface area contributed by atoms with E-state index in [0.29, 0.717) is 16.9 Å². The molecule has 0 aliphatic carbocycles. The predicted octanol–water partition coefficient (Wildman–Crippen LogP) is 1.81. The van der Waals surface area contributed by atoms with Gasteiger partial charge in [-0.25, -0.2) is 18.1 Å². The minimum Gasteiger partial charge on any atom is -0.399 e. The first-order chi connectivity index (χ1) is 12.4. The number of aromatic nitrogens is 6. The van der Waals surface area contributed by atoms with Gasteiger partial charge in [0.2, 0.25) is 5.95 Å². The van der Waals surface area contributed by atoms with E-state index < -0.39 is 11.6 Å². The van der Waals surface area contributed by atoms with Crippen molar-refractivity contribution in [2.24, 2.45) is 0 Å². The number of hydrogen-bond donors (Lipinski definition) is 2. The van der Waals surface area contributed by atoms with Gasteiger partial charge < -0.3 is 11.5 Å². The van der Waals surface area contributed by atoms with Crippen LogP contribution in [0, 0.1) is 18.6 Å². The van der Waals surface area contributed by atoms with E-state index in [9.17, 15) is 8.78 Å². The fourth-order valence-electron chi connectivity index (χ4n) is 2.70. The first kappa shape index (κ1) is 15.9. The minimum absolute atomic E-state index is 0.000605. The lowest BCUT2D eigenvalue weighted by Gasteiger charge is -2.08. The molecule has 1 aromatic carbocycles. The summed E-state index contributed by atoms with van der Waals surface area (Å²) in [6.45, 7) is 1.67. The Kier molecular flexibility index (Phi) is 3.53. The average Bonchev–Trinajstić information content (AvgIpc) is 3.16. The van der Waals surface area contributed by atoms with Gasteiger partial charge in [-0.1, -0.05) is 0 Å². The van der Waals surface area contributed by atoms with E-state index >= 15 is 0 Å². The van der Waals surface area contributed by atoms with Crippen LogP contribution in [0.2, 0.25) is 0 Å². The van der Waals surface area contributed by atoms with Gasteiger partial charge in [0, 0.05) is 17.4 Å². The molecule has 0 fully saturated rings. The molecule has 0 saturated heterocycles. The van der Waals surface area contributed by atoms with Crippen molar-refractivity contribution < 1.29 is 8.78 Å². The van der Waals surface area contributed by atoms with Crippen LogP contribution < -0.4 is 11.5 Å². The molecule has 0 radical (unpaired) electrons. The number of nitrogen functional groups attached to an aromatic ring is 2. The van der Waals surface area contributed by atoms with E-state index in [0.717, 1.165) is 17.8 Å². The summed E-state index contributed by atoms with van der Waals surface area (Å²) >= 11 is 0. The molecule has 26 heavy (non-hydrogen) atoms. The largest absolute Gasteiger partial charge is 0.399 e. The van der Waals surface area contributed by atoms with Crippen molar-refractivity contribution in [3.63, 3.8) is 0 Å². The maximum absolute atomic E-state index is 14.1. The third kappa shape index (κ3) is 2.61. The predicted molar refractivity (Wildman–Crippen MR) is 91.5 cm³/mol. The van der Waals surface area contributed by atoms with Crippen LogP contribution >= 0.6 is 0 Å². The maximum Gasteiger partial charge on any atom is 0.224 e. The van der Waals surface area contributed by atoms with Gasteiger partial charge >= 0.3 is 0 Å². The number of benzene rings is 1. The highest BCUT2D eigenvalue weighted by molar-refractivity contribution is 5.83. The first-order valence-electron chi connectivity index (χ1n) is 7.67. The highest BCUT2D eigenvalue weighted by Gasteiger charge is 2.17. The highest BCUT2D eigenvalue weighted by Crippen LogP contribution is 2.23. The SMILES string of the molecule is Cc1ccn(-c2nc(N)nc3c2cnn3Cc2c(F)cc(N)cc2F)n1. The third-order valence-corrected chi connectivity index (χ3v) is 3.90. The molecule has 0 atom stereocenters. The van der Waals surface area contributed by atoms with Crippen LogP contribution in [0.4, 0.5) is 20.4 Å². The van der Waals surface area contributed by atoms with Crippen molar-refractivity contribution in [3.05, 3.63) is 53.5 Å². The van der Waals surface area contributed by atoms with Gasteiger partial charge in [0.1, 0.15) is 11.6 Å².